The quantitative estimate of drug-likeness (QED) is 0.186. The molecule has 10 rings (SSSR count). The zero-order chi connectivity index (χ0) is 37.7. The molecule has 0 saturated heterocycles. The Morgan fingerprint density at radius 2 is 0.979 bits per heavy atom. The summed E-state index contributed by atoms with van der Waals surface area (Å²) in [5.74, 6) is 0. The SMILES string of the molecule is [2H]c1c([2H])c([2H])c2c(c1[2H])c1c([2H])c(-c3ccc4c(c3)c3cc(-c5ccccc5)ccc3n4-c3ccccc3)c([2H])c([2H])c1n2-c1ccc2ccccc2c1. The number of para-hydroxylation sites is 2. The molecule has 2 aromatic heterocycles. The minimum atomic E-state index is -0.415. The van der Waals surface area contributed by atoms with E-state index in [0.29, 0.717) is 11.3 Å². The number of hydrogen-bond donors (Lipinski definition) is 0. The van der Waals surface area contributed by atoms with E-state index in [4.69, 9.17) is 5.48 Å². The molecule has 2 heterocycles. The fraction of sp³-hybridized carbons (Fsp3) is 0. The van der Waals surface area contributed by atoms with Crippen LogP contribution in [0.15, 0.2) is 182 Å². The van der Waals surface area contributed by atoms with E-state index < -0.39 is 12.1 Å². The second kappa shape index (κ2) is 10.6. The molecule has 10 aromatic rings. The van der Waals surface area contributed by atoms with Gasteiger partial charge in [-0.25, -0.2) is 0 Å². The first kappa shape index (κ1) is 20.7. The summed E-state index contributed by atoms with van der Waals surface area (Å²) >= 11 is 0. The summed E-state index contributed by atoms with van der Waals surface area (Å²) < 4.78 is 68.0. The molecule has 224 valence electrons. The Labute approximate surface area is 288 Å². The van der Waals surface area contributed by atoms with Gasteiger partial charge in [0.05, 0.1) is 31.7 Å². The predicted octanol–water partition coefficient (Wildman–Crippen LogP) is 12.4. The third-order valence-electron chi connectivity index (χ3n) is 9.32. The minimum Gasteiger partial charge on any atom is -0.309 e. The highest BCUT2D eigenvalue weighted by atomic mass is 15.0. The van der Waals surface area contributed by atoms with E-state index in [-0.39, 0.29) is 57.6 Å². The van der Waals surface area contributed by atoms with E-state index in [2.05, 4.69) is 47.0 Å². The Morgan fingerprint density at radius 1 is 0.354 bits per heavy atom. The summed E-state index contributed by atoms with van der Waals surface area (Å²) in [6.07, 6.45) is 0. The summed E-state index contributed by atoms with van der Waals surface area (Å²) in [5, 5.41) is 4.18. The van der Waals surface area contributed by atoms with Gasteiger partial charge < -0.3 is 9.13 Å². The van der Waals surface area contributed by atoms with Gasteiger partial charge in [0, 0.05) is 32.9 Å². The van der Waals surface area contributed by atoms with Crippen LogP contribution < -0.4 is 0 Å². The average molecular weight is 618 g/mol. The van der Waals surface area contributed by atoms with Crippen molar-refractivity contribution >= 4 is 54.4 Å². The van der Waals surface area contributed by atoms with Crippen LogP contribution in [0.5, 0.6) is 0 Å². The van der Waals surface area contributed by atoms with Crippen LogP contribution in [-0.2, 0) is 0 Å². The molecule has 0 bridgehead atoms. The maximum atomic E-state index is 9.78. The van der Waals surface area contributed by atoms with Crippen molar-refractivity contribution in [3.8, 4) is 33.6 Å². The molecule has 2 heteroatoms. The largest absolute Gasteiger partial charge is 0.309 e. The van der Waals surface area contributed by atoms with Crippen LogP contribution in [0.2, 0.25) is 0 Å². The lowest BCUT2D eigenvalue weighted by Gasteiger charge is -2.10. The van der Waals surface area contributed by atoms with Gasteiger partial charge in [0.1, 0.15) is 0 Å². The van der Waals surface area contributed by atoms with Crippen molar-refractivity contribution in [3.63, 3.8) is 0 Å². The van der Waals surface area contributed by atoms with Crippen molar-refractivity contribution in [1.29, 1.82) is 0 Å². The van der Waals surface area contributed by atoms with Crippen molar-refractivity contribution in [3.05, 3.63) is 182 Å². The zero-order valence-electron chi connectivity index (χ0n) is 32.7. The summed E-state index contributed by atoms with van der Waals surface area (Å²) in [5.41, 5.74) is 6.83. The van der Waals surface area contributed by atoms with Crippen LogP contribution in [0, 0.1) is 0 Å². The van der Waals surface area contributed by atoms with Crippen LogP contribution in [0.25, 0.3) is 88.0 Å². The maximum Gasteiger partial charge on any atom is 0.0645 e. The maximum absolute atomic E-state index is 9.78. The molecule has 0 aliphatic rings. The van der Waals surface area contributed by atoms with Gasteiger partial charge >= 0.3 is 0 Å². The highest BCUT2D eigenvalue weighted by Gasteiger charge is 2.17. The van der Waals surface area contributed by atoms with Gasteiger partial charge in [-0.1, -0.05) is 115 Å². The fourth-order valence-corrected chi connectivity index (χ4v) is 7.08. The van der Waals surface area contributed by atoms with E-state index in [1.165, 1.54) is 0 Å². The molecule has 48 heavy (non-hydrogen) atoms. The summed E-state index contributed by atoms with van der Waals surface area (Å²) in [4.78, 5) is 0. The molecule has 0 spiro atoms. The lowest BCUT2D eigenvalue weighted by Crippen LogP contribution is -1.94. The number of aromatic nitrogens is 2. The van der Waals surface area contributed by atoms with Gasteiger partial charge in [-0.15, -0.1) is 0 Å². The predicted molar refractivity (Wildman–Crippen MR) is 203 cm³/mol. The van der Waals surface area contributed by atoms with Crippen molar-refractivity contribution in [1.82, 2.24) is 9.13 Å². The Kier molecular flexibility index (Phi) is 4.56. The van der Waals surface area contributed by atoms with Crippen molar-refractivity contribution < 1.29 is 9.60 Å². The van der Waals surface area contributed by atoms with Crippen LogP contribution in [0.1, 0.15) is 9.60 Å². The highest BCUT2D eigenvalue weighted by Crippen LogP contribution is 2.39. The summed E-state index contributed by atoms with van der Waals surface area (Å²) in [7, 11) is 0. The van der Waals surface area contributed by atoms with Gasteiger partial charge in [-0.05, 0) is 99.7 Å². The van der Waals surface area contributed by atoms with E-state index in [0.717, 1.165) is 49.4 Å². The Hall–Kier alpha value is -6.38. The molecule has 0 aliphatic heterocycles. The first-order valence-corrected chi connectivity index (χ1v) is 16.0. The average Bonchev–Trinajstić information content (AvgIpc) is 3.76. The van der Waals surface area contributed by atoms with Crippen LogP contribution >= 0.6 is 0 Å². The van der Waals surface area contributed by atoms with Crippen LogP contribution in [0.4, 0.5) is 0 Å². The second-order valence-electron chi connectivity index (χ2n) is 12.1. The Bertz CT molecular complexity index is 3220. The smallest absolute Gasteiger partial charge is 0.0645 e. The van der Waals surface area contributed by atoms with Gasteiger partial charge in [-0.3, -0.25) is 0 Å². The molecule has 0 saturated carbocycles. The number of benzene rings is 8. The number of hydrogen-bond acceptors (Lipinski definition) is 0. The Balaban J connectivity index is 1.30. The monoisotopic (exact) mass is 617 g/mol. The first-order valence-electron chi connectivity index (χ1n) is 19.5. The van der Waals surface area contributed by atoms with E-state index >= 15 is 0 Å². The van der Waals surface area contributed by atoms with E-state index in [1.54, 1.807) is 4.57 Å². The lowest BCUT2D eigenvalue weighted by atomic mass is 9.99. The fourth-order valence-electron chi connectivity index (χ4n) is 7.08. The minimum absolute atomic E-state index is 0.0679. The van der Waals surface area contributed by atoms with Crippen LogP contribution in [-0.4, -0.2) is 9.13 Å². The first-order chi connectivity index (χ1) is 26.7. The lowest BCUT2D eigenvalue weighted by molar-refractivity contribution is 1.18. The topological polar surface area (TPSA) is 9.86 Å². The van der Waals surface area contributed by atoms with Gasteiger partial charge in [-0.2, -0.15) is 0 Å². The van der Waals surface area contributed by atoms with Gasteiger partial charge in [0.15, 0.2) is 0 Å². The van der Waals surface area contributed by atoms with Crippen molar-refractivity contribution in [2.24, 2.45) is 0 Å². The molecule has 0 unspecified atom stereocenters. The number of fused-ring (bicyclic) bond motifs is 7. The van der Waals surface area contributed by atoms with Gasteiger partial charge in [0.2, 0.25) is 0 Å². The van der Waals surface area contributed by atoms with Gasteiger partial charge in [0.25, 0.3) is 0 Å². The highest BCUT2D eigenvalue weighted by molar-refractivity contribution is 6.13. The molecule has 0 amide bonds. The third kappa shape index (κ3) is 4.13. The Morgan fingerprint density at radius 3 is 1.75 bits per heavy atom. The molecule has 0 fully saturated rings. The van der Waals surface area contributed by atoms with E-state index in [9.17, 15) is 4.11 Å². The molecule has 0 radical (unpaired) electrons. The van der Waals surface area contributed by atoms with Crippen LogP contribution in [0.3, 0.4) is 0 Å². The summed E-state index contributed by atoms with van der Waals surface area (Å²) in [6.45, 7) is 0. The molecule has 2 nitrogen and oxygen atoms in total. The zero-order valence-corrected chi connectivity index (χ0v) is 25.7. The van der Waals surface area contributed by atoms with Crippen molar-refractivity contribution in [2.75, 3.05) is 0 Å². The molecular weight excluding hydrogens is 581 g/mol. The van der Waals surface area contributed by atoms with Crippen molar-refractivity contribution in [2.45, 2.75) is 0 Å². The third-order valence-corrected chi connectivity index (χ3v) is 9.32. The van der Waals surface area contributed by atoms with E-state index in [1.807, 2.05) is 97.1 Å². The molecule has 0 atom stereocenters. The molecule has 8 aromatic carbocycles. The molecular formula is C46H30N2. The molecule has 0 aliphatic carbocycles. The molecule has 0 N–H and O–H groups in total. The summed E-state index contributed by atoms with van der Waals surface area (Å²) in [6, 6.07) is 44.3. The standard InChI is InChI=1S/C46H30N2/c1-3-11-31(12-4-1)34-20-24-45-41(28-34)42-30-36(22-26-46(42)47(45)37-15-5-2-6-16-37)35-21-25-44-40(29-35)39-17-9-10-18-43(39)48(44)38-23-19-32-13-7-8-14-33(32)27-38/h1-30H/i9D,10D,17D,18D,21D,25D,29D. The number of rotatable bonds is 4. The number of nitrogens with zero attached hydrogens (tertiary/aromatic N) is 2. The second-order valence-corrected chi connectivity index (χ2v) is 12.1. The normalized spacial score (nSPS) is 13.8.